The predicted octanol–water partition coefficient (Wildman–Crippen LogP) is 1.74. The smallest absolute Gasteiger partial charge is 0.271 e. The highest BCUT2D eigenvalue weighted by molar-refractivity contribution is 5.92. The first kappa shape index (κ1) is 14.3. The van der Waals surface area contributed by atoms with Gasteiger partial charge in [0.15, 0.2) is 0 Å². The lowest BCUT2D eigenvalue weighted by Crippen LogP contribution is -2.32. The molecule has 0 aromatic carbocycles. The number of aromatic nitrogens is 2. The van der Waals surface area contributed by atoms with Crippen molar-refractivity contribution in [3.05, 3.63) is 18.1 Å². The van der Waals surface area contributed by atoms with Gasteiger partial charge >= 0.3 is 0 Å². The Morgan fingerprint density at radius 1 is 1.19 bits per heavy atom. The van der Waals surface area contributed by atoms with Crippen molar-refractivity contribution in [2.24, 2.45) is 0 Å². The number of hydrogen-bond donors (Lipinski definition) is 2. The molecule has 1 atom stereocenters. The van der Waals surface area contributed by atoms with Gasteiger partial charge in [0.25, 0.3) is 5.91 Å². The van der Waals surface area contributed by atoms with Gasteiger partial charge in [0.2, 0.25) is 0 Å². The van der Waals surface area contributed by atoms with E-state index >= 15 is 0 Å². The number of amides is 1. The van der Waals surface area contributed by atoms with Gasteiger partial charge in [0, 0.05) is 19.2 Å². The Hall–Kier alpha value is -1.69. The molecule has 2 N–H and O–H groups in total. The van der Waals surface area contributed by atoms with E-state index in [0.717, 1.165) is 25.3 Å². The van der Waals surface area contributed by atoms with Crippen LogP contribution in [0.25, 0.3) is 0 Å². The highest BCUT2D eigenvalue weighted by Gasteiger charge is 2.18. The number of anilines is 1. The Labute approximate surface area is 124 Å². The van der Waals surface area contributed by atoms with Gasteiger partial charge in [0.05, 0.1) is 18.5 Å². The highest BCUT2D eigenvalue weighted by Crippen LogP contribution is 2.20. The second kappa shape index (κ2) is 6.85. The van der Waals surface area contributed by atoms with E-state index in [0.29, 0.717) is 18.3 Å². The first-order chi connectivity index (χ1) is 10.3. The van der Waals surface area contributed by atoms with Crippen molar-refractivity contribution < 1.29 is 9.53 Å². The minimum absolute atomic E-state index is 0.144. The molecule has 1 aliphatic carbocycles. The third-order valence-corrected chi connectivity index (χ3v) is 4.11. The second-order valence-corrected chi connectivity index (χ2v) is 5.76. The molecule has 1 amide bonds. The molecule has 2 heterocycles. The number of carbonyl (C=O) groups is 1. The molecule has 2 aliphatic rings. The Morgan fingerprint density at radius 2 is 2.05 bits per heavy atom. The van der Waals surface area contributed by atoms with E-state index in [1.807, 2.05) is 0 Å². The first-order valence-electron chi connectivity index (χ1n) is 7.79. The molecule has 1 aromatic rings. The number of ether oxygens (including phenoxy) is 1. The summed E-state index contributed by atoms with van der Waals surface area (Å²) in [6.07, 6.45) is 10.3. The van der Waals surface area contributed by atoms with E-state index in [-0.39, 0.29) is 12.0 Å². The van der Waals surface area contributed by atoms with Crippen LogP contribution in [0.4, 0.5) is 5.82 Å². The third kappa shape index (κ3) is 3.91. The van der Waals surface area contributed by atoms with Crippen LogP contribution < -0.4 is 10.6 Å². The summed E-state index contributed by atoms with van der Waals surface area (Å²) in [7, 11) is 0. The van der Waals surface area contributed by atoms with Crippen molar-refractivity contribution in [3.8, 4) is 0 Å². The Kier molecular flexibility index (Phi) is 4.65. The number of hydrogen-bond acceptors (Lipinski definition) is 5. The molecule has 6 heteroatoms. The van der Waals surface area contributed by atoms with Crippen LogP contribution in [0.3, 0.4) is 0 Å². The standard InChI is InChI=1S/C15H22N4O2/c20-15(18-8-12-6-3-7-21-12)13-9-17-14(10-16-13)19-11-4-1-2-5-11/h9-12H,1-8H2,(H,17,19)(H,18,20). The van der Waals surface area contributed by atoms with E-state index < -0.39 is 0 Å². The molecule has 1 unspecified atom stereocenters. The lowest BCUT2D eigenvalue weighted by molar-refractivity contribution is 0.0853. The molecule has 1 aliphatic heterocycles. The molecule has 6 nitrogen and oxygen atoms in total. The lowest BCUT2D eigenvalue weighted by atomic mass is 10.2. The molecular formula is C15H22N4O2. The minimum atomic E-state index is -0.189. The van der Waals surface area contributed by atoms with Gasteiger partial charge in [-0.05, 0) is 25.7 Å². The van der Waals surface area contributed by atoms with E-state index in [1.54, 1.807) is 6.20 Å². The van der Waals surface area contributed by atoms with Crippen LogP contribution in [-0.4, -0.2) is 41.2 Å². The van der Waals surface area contributed by atoms with Crippen LogP contribution >= 0.6 is 0 Å². The van der Waals surface area contributed by atoms with Crippen LogP contribution in [0.15, 0.2) is 12.4 Å². The van der Waals surface area contributed by atoms with Gasteiger partial charge in [0.1, 0.15) is 11.5 Å². The van der Waals surface area contributed by atoms with Gasteiger partial charge in [-0.25, -0.2) is 9.97 Å². The zero-order valence-electron chi connectivity index (χ0n) is 12.2. The molecule has 21 heavy (non-hydrogen) atoms. The summed E-state index contributed by atoms with van der Waals surface area (Å²) < 4.78 is 5.47. The molecule has 0 spiro atoms. The number of nitrogens with zero attached hydrogens (tertiary/aromatic N) is 2. The molecular weight excluding hydrogens is 268 g/mol. The molecule has 114 valence electrons. The summed E-state index contributed by atoms with van der Waals surface area (Å²) in [4.78, 5) is 20.4. The fraction of sp³-hybridized carbons (Fsp3) is 0.667. The summed E-state index contributed by atoms with van der Waals surface area (Å²) in [6, 6.07) is 0.499. The van der Waals surface area contributed by atoms with Crippen LogP contribution in [-0.2, 0) is 4.74 Å². The Morgan fingerprint density at radius 3 is 2.71 bits per heavy atom. The van der Waals surface area contributed by atoms with E-state index in [4.69, 9.17) is 4.74 Å². The Bertz CT molecular complexity index is 465. The van der Waals surface area contributed by atoms with Crippen LogP contribution in [0.1, 0.15) is 49.0 Å². The van der Waals surface area contributed by atoms with Crippen molar-refractivity contribution in [2.45, 2.75) is 50.7 Å². The maximum Gasteiger partial charge on any atom is 0.271 e. The van der Waals surface area contributed by atoms with Crippen LogP contribution in [0.5, 0.6) is 0 Å². The second-order valence-electron chi connectivity index (χ2n) is 5.76. The van der Waals surface area contributed by atoms with Crippen molar-refractivity contribution in [1.82, 2.24) is 15.3 Å². The van der Waals surface area contributed by atoms with Gasteiger partial charge in [-0.1, -0.05) is 12.8 Å². The molecule has 1 aromatic heterocycles. The van der Waals surface area contributed by atoms with E-state index in [2.05, 4.69) is 20.6 Å². The van der Waals surface area contributed by atoms with E-state index in [1.165, 1.54) is 31.9 Å². The summed E-state index contributed by atoms with van der Waals surface area (Å²) >= 11 is 0. The van der Waals surface area contributed by atoms with Gasteiger partial charge in [-0.15, -0.1) is 0 Å². The summed E-state index contributed by atoms with van der Waals surface area (Å²) in [5, 5.41) is 6.21. The van der Waals surface area contributed by atoms with Crippen molar-refractivity contribution in [3.63, 3.8) is 0 Å². The zero-order valence-corrected chi connectivity index (χ0v) is 12.2. The average molecular weight is 290 g/mol. The zero-order chi connectivity index (χ0) is 14.5. The number of nitrogens with one attached hydrogen (secondary N) is 2. The first-order valence-corrected chi connectivity index (χ1v) is 7.79. The summed E-state index contributed by atoms with van der Waals surface area (Å²) in [5.74, 6) is 0.558. The van der Waals surface area contributed by atoms with Gasteiger partial charge in [-0.2, -0.15) is 0 Å². The van der Waals surface area contributed by atoms with Crippen molar-refractivity contribution >= 4 is 11.7 Å². The number of rotatable bonds is 5. The topological polar surface area (TPSA) is 76.1 Å². The maximum absolute atomic E-state index is 12.0. The molecule has 0 radical (unpaired) electrons. The summed E-state index contributed by atoms with van der Waals surface area (Å²) in [5.41, 5.74) is 0.352. The quantitative estimate of drug-likeness (QED) is 0.864. The average Bonchev–Trinajstić information content (AvgIpc) is 3.19. The fourth-order valence-corrected chi connectivity index (χ4v) is 2.90. The highest BCUT2D eigenvalue weighted by atomic mass is 16.5. The van der Waals surface area contributed by atoms with Gasteiger partial charge in [-0.3, -0.25) is 4.79 Å². The lowest BCUT2D eigenvalue weighted by Gasteiger charge is -2.13. The largest absolute Gasteiger partial charge is 0.376 e. The molecule has 1 saturated carbocycles. The van der Waals surface area contributed by atoms with Crippen molar-refractivity contribution in [1.29, 1.82) is 0 Å². The van der Waals surface area contributed by atoms with Crippen LogP contribution in [0.2, 0.25) is 0 Å². The SMILES string of the molecule is O=C(NCC1CCCO1)c1cnc(NC2CCCC2)cn1. The minimum Gasteiger partial charge on any atom is -0.376 e. The summed E-state index contributed by atoms with van der Waals surface area (Å²) in [6.45, 7) is 1.34. The maximum atomic E-state index is 12.0. The van der Waals surface area contributed by atoms with Crippen LogP contribution in [0, 0.1) is 0 Å². The molecule has 1 saturated heterocycles. The molecule has 0 bridgehead atoms. The van der Waals surface area contributed by atoms with Crippen molar-refractivity contribution in [2.75, 3.05) is 18.5 Å². The monoisotopic (exact) mass is 290 g/mol. The predicted molar refractivity (Wildman–Crippen MR) is 79.2 cm³/mol. The normalized spacial score (nSPS) is 22.4. The molecule has 2 fully saturated rings. The van der Waals surface area contributed by atoms with Gasteiger partial charge < -0.3 is 15.4 Å². The fourth-order valence-electron chi connectivity index (χ4n) is 2.90. The molecule has 3 rings (SSSR count). The Balaban J connectivity index is 1.49. The number of carbonyl (C=O) groups excluding carboxylic acids is 1. The van der Waals surface area contributed by atoms with E-state index in [9.17, 15) is 4.79 Å². The third-order valence-electron chi connectivity index (χ3n) is 4.11.